The topological polar surface area (TPSA) is 29.1 Å². The van der Waals surface area contributed by atoms with Crippen LogP contribution in [0.4, 0.5) is 0 Å². The Labute approximate surface area is 62.1 Å². The Morgan fingerprint density at radius 1 is 1.50 bits per heavy atom. The van der Waals surface area contributed by atoms with Crippen LogP contribution in [0.25, 0.3) is 0 Å². The number of halogens is 3. The van der Waals surface area contributed by atoms with Gasteiger partial charge in [0.1, 0.15) is 0 Å². The maximum Gasteiger partial charge on any atom is 0.207 e. The van der Waals surface area contributed by atoms with Crippen molar-refractivity contribution in [3.8, 4) is 0 Å². The molecule has 1 N–H and O–H groups in total. The van der Waals surface area contributed by atoms with Crippen molar-refractivity contribution in [1.29, 1.82) is 0 Å². The van der Waals surface area contributed by atoms with Gasteiger partial charge in [-0.2, -0.15) is 0 Å². The minimum atomic E-state index is -1.37. The molecule has 0 heterocycles. The summed E-state index contributed by atoms with van der Waals surface area (Å²) in [5.74, 6) is 0. The van der Waals surface area contributed by atoms with Crippen LogP contribution in [-0.2, 0) is 4.79 Å². The molecule has 0 saturated carbocycles. The van der Waals surface area contributed by atoms with E-state index >= 15 is 0 Å². The molecule has 0 aromatic carbocycles. The Morgan fingerprint density at radius 3 is 2.12 bits per heavy atom. The summed E-state index contributed by atoms with van der Waals surface area (Å²) in [6, 6.07) is 0. The van der Waals surface area contributed by atoms with Gasteiger partial charge < -0.3 is 5.32 Å². The maximum absolute atomic E-state index is 9.56. The summed E-state index contributed by atoms with van der Waals surface area (Å²) in [6.45, 7) is 0.0428. The average molecular weight is 176 g/mol. The molecule has 0 aromatic heterocycles. The number of carbonyl (C=O) groups excluding carboxylic acids is 1. The van der Waals surface area contributed by atoms with Crippen molar-refractivity contribution < 1.29 is 4.79 Å². The number of rotatable bonds is 2. The first-order valence-electron chi connectivity index (χ1n) is 1.80. The van der Waals surface area contributed by atoms with Crippen LogP contribution in [0.2, 0.25) is 0 Å². The molecular formula is C3H4Cl3NO. The average Bonchev–Trinajstić information content (AvgIpc) is 1.59. The second-order valence-corrected chi connectivity index (χ2v) is 3.63. The van der Waals surface area contributed by atoms with E-state index in [-0.39, 0.29) is 6.54 Å². The predicted molar refractivity (Wildman–Crippen MR) is 34.4 cm³/mol. The van der Waals surface area contributed by atoms with Crippen LogP contribution in [-0.4, -0.2) is 16.7 Å². The normalized spacial score (nSPS) is 10.9. The Kier molecular flexibility index (Phi) is 3.53. The molecule has 0 spiro atoms. The highest BCUT2D eigenvalue weighted by molar-refractivity contribution is 6.67. The second kappa shape index (κ2) is 3.38. The van der Waals surface area contributed by atoms with E-state index in [1.54, 1.807) is 0 Å². The van der Waals surface area contributed by atoms with Crippen molar-refractivity contribution in [2.75, 3.05) is 6.54 Å². The summed E-state index contributed by atoms with van der Waals surface area (Å²) in [7, 11) is 0. The van der Waals surface area contributed by atoms with Gasteiger partial charge in [0, 0.05) is 0 Å². The van der Waals surface area contributed by atoms with Crippen molar-refractivity contribution in [1.82, 2.24) is 5.32 Å². The lowest BCUT2D eigenvalue weighted by molar-refractivity contribution is -0.109. The number of hydrogen-bond acceptors (Lipinski definition) is 1. The van der Waals surface area contributed by atoms with E-state index in [0.717, 1.165) is 0 Å². The summed E-state index contributed by atoms with van der Waals surface area (Å²) in [6.07, 6.45) is 0.474. The fourth-order valence-corrected chi connectivity index (χ4v) is 0.389. The van der Waals surface area contributed by atoms with Crippen LogP contribution in [0.3, 0.4) is 0 Å². The van der Waals surface area contributed by atoms with Crippen molar-refractivity contribution in [2.45, 2.75) is 3.79 Å². The van der Waals surface area contributed by atoms with Crippen molar-refractivity contribution in [3.05, 3.63) is 0 Å². The van der Waals surface area contributed by atoms with Gasteiger partial charge in [0.25, 0.3) is 0 Å². The zero-order valence-electron chi connectivity index (χ0n) is 3.83. The highest BCUT2D eigenvalue weighted by atomic mass is 35.6. The summed E-state index contributed by atoms with van der Waals surface area (Å²) in [5.41, 5.74) is 0. The Balaban J connectivity index is 3.24. The van der Waals surface area contributed by atoms with Crippen LogP contribution < -0.4 is 5.32 Å². The quantitative estimate of drug-likeness (QED) is 0.495. The van der Waals surface area contributed by atoms with Gasteiger partial charge in [0.15, 0.2) is 0 Å². The van der Waals surface area contributed by atoms with E-state index in [1.807, 2.05) is 0 Å². The van der Waals surface area contributed by atoms with E-state index in [2.05, 4.69) is 5.32 Å². The van der Waals surface area contributed by atoms with Crippen LogP contribution in [0, 0.1) is 0 Å². The SMILES string of the molecule is O=CNCC(Cl)(Cl)Cl. The first-order chi connectivity index (χ1) is 3.56. The first kappa shape index (κ1) is 8.34. The molecule has 0 atom stereocenters. The van der Waals surface area contributed by atoms with Crippen LogP contribution in [0.15, 0.2) is 0 Å². The predicted octanol–water partition coefficient (Wildman–Crippen LogP) is 1.10. The number of nitrogens with one attached hydrogen (secondary N) is 1. The summed E-state index contributed by atoms with van der Waals surface area (Å²) < 4.78 is -1.37. The smallest absolute Gasteiger partial charge is 0.207 e. The Bertz CT molecular complexity index is 79.1. The summed E-state index contributed by atoms with van der Waals surface area (Å²) >= 11 is 15.7. The second-order valence-electron chi connectivity index (χ2n) is 1.11. The van der Waals surface area contributed by atoms with Gasteiger partial charge in [-0.15, -0.1) is 0 Å². The van der Waals surface area contributed by atoms with Crippen LogP contribution in [0.1, 0.15) is 0 Å². The zero-order chi connectivity index (χ0) is 6.62. The standard InChI is InChI=1S/C3H4Cl3NO/c4-3(5,6)1-7-2-8/h2H,1H2,(H,7,8). The number of alkyl halides is 3. The lowest BCUT2D eigenvalue weighted by Crippen LogP contribution is -2.24. The fourth-order valence-electron chi connectivity index (χ4n) is 0.157. The third-order valence-corrected chi connectivity index (χ3v) is 0.787. The van der Waals surface area contributed by atoms with Gasteiger partial charge in [-0.05, 0) is 0 Å². The number of carbonyl (C=O) groups is 1. The molecule has 0 unspecified atom stereocenters. The summed E-state index contributed by atoms with van der Waals surface area (Å²) in [5, 5.41) is 2.21. The van der Waals surface area contributed by atoms with Gasteiger partial charge in [0.05, 0.1) is 6.54 Å². The lowest BCUT2D eigenvalue weighted by atomic mass is 10.7. The molecule has 2 nitrogen and oxygen atoms in total. The number of amides is 1. The minimum Gasteiger partial charge on any atom is -0.354 e. The molecule has 0 aliphatic carbocycles. The van der Waals surface area contributed by atoms with E-state index in [4.69, 9.17) is 34.8 Å². The molecule has 0 aromatic rings. The molecule has 48 valence electrons. The monoisotopic (exact) mass is 175 g/mol. The molecule has 0 rings (SSSR count). The van der Waals surface area contributed by atoms with Gasteiger partial charge in [0.2, 0.25) is 10.2 Å². The van der Waals surface area contributed by atoms with E-state index in [0.29, 0.717) is 6.41 Å². The Morgan fingerprint density at radius 2 is 2.00 bits per heavy atom. The van der Waals surface area contributed by atoms with Gasteiger partial charge >= 0.3 is 0 Å². The first-order valence-corrected chi connectivity index (χ1v) is 2.93. The highest BCUT2D eigenvalue weighted by Crippen LogP contribution is 2.23. The molecule has 5 heteroatoms. The van der Waals surface area contributed by atoms with Gasteiger partial charge in [-0.1, -0.05) is 34.8 Å². The molecule has 0 bridgehead atoms. The van der Waals surface area contributed by atoms with Crippen LogP contribution in [0.5, 0.6) is 0 Å². The maximum atomic E-state index is 9.56. The molecule has 1 amide bonds. The van der Waals surface area contributed by atoms with Gasteiger partial charge in [-0.25, -0.2) is 0 Å². The van der Waals surface area contributed by atoms with E-state index in [9.17, 15) is 4.79 Å². The molecule has 0 aliphatic rings. The molecule has 0 fully saturated rings. The minimum absolute atomic E-state index is 0.0428. The zero-order valence-corrected chi connectivity index (χ0v) is 6.09. The number of hydrogen-bond donors (Lipinski definition) is 1. The molecule has 8 heavy (non-hydrogen) atoms. The lowest BCUT2D eigenvalue weighted by Gasteiger charge is -2.07. The molecular weight excluding hydrogens is 172 g/mol. The van der Waals surface area contributed by atoms with Crippen molar-refractivity contribution in [3.63, 3.8) is 0 Å². The van der Waals surface area contributed by atoms with Crippen molar-refractivity contribution in [2.24, 2.45) is 0 Å². The molecule has 0 aliphatic heterocycles. The highest BCUT2D eigenvalue weighted by Gasteiger charge is 2.17. The summed E-state index contributed by atoms with van der Waals surface area (Å²) in [4.78, 5) is 9.56. The van der Waals surface area contributed by atoms with Crippen LogP contribution >= 0.6 is 34.8 Å². The largest absolute Gasteiger partial charge is 0.354 e. The molecule has 0 radical (unpaired) electrons. The Hall–Kier alpha value is 0.340. The third kappa shape index (κ3) is 6.34. The fraction of sp³-hybridized carbons (Fsp3) is 0.667. The van der Waals surface area contributed by atoms with E-state index in [1.165, 1.54) is 0 Å². The van der Waals surface area contributed by atoms with Gasteiger partial charge in [-0.3, -0.25) is 4.79 Å². The third-order valence-electron chi connectivity index (χ3n) is 0.386. The van der Waals surface area contributed by atoms with E-state index < -0.39 is 3.79 Å². The molecule has 0 saturated heterocycles. The van der Waals surface area contributed by atoms with Crippen molar-refractivity contribution >= 4 is 41.2 Å².